The van der Waals surface area contributed by atoms with E-state index in [4.69, 9.17) is 23.4 Å². The standard InChI is InChI=1S/C32H36N2O6S/c1-5-31(40-41(35,36)30-18-9-22(2)20-29(30)39-32-8-6-7-19-37-32)38-26-15-17-28-24(21-26)12-16-27(33-28)23-10-13-25(14-11-23)34(3)4/h9-18,20-21,31-32H,5-8,19H2,1-4H3. The molecule has 3 aromatic carbocycles. The van der Waals surface area contributed by atoms with Gasteiger partial charge in [0, 0.05) is 43.6 Å². The minimum absolute atomic E-state index is 0.0480. The highest BCUT2D eigenvalue weighted by Crippen LogP contribution is 2.31. The molecule has 8 nitrogen and oxygen atoms in total. The molecule has 1 saturated heterocycles. The van der Waals surface area contributed by atoms with E-state index < -0.39 is 22.7 Å². The van der Waals surface area contributed by atoms with Crippen molar-refractivity contribution in [1.29, 1.82) is 0 Å². The fraction of sp³-hybridized carbons (Fsp3) is 0.344. The molecule has 0 N–H and O–H groups in total. The first-order chi connectivity index (χ1) is 19.7. The van der Waals surface area contributed by atoms with Crippen LogP contribution in [0, 0.1) is 6.92 Å². The van der Waals surface area contributed by atoms with E-state index in [2.05, 4.69) is 29.2 Å². The molecule has 216 valence electrons. The first kappa shape index (κ1) is 28.9. The fourth-order valence-corrected chi connectivity index (χ4v) is 5.79. The van der Waals surface area contributed by atoms with Crippen LogP contribution in [0.25, 0.3) is 22.2 Å². The maximum atomic E-state index is 13.4. The molecule has 0 saturated carbocycles. The van der Waals surface area contributed by atoms with Crippen LogP contribution in [0.4, 0.5) is 5.69 Å². The predicted molar refractivity (Wildman–Crippen MR) is 160 cm³/mol. The molecular formula is C32H36N2O6S. The highest BCUT2D eigenvalue weighted by atomic mass is 32.2. The quantitative estimate of drug-likeness (QED) is 0.152. The number of benzene rings is 3. The van der Waals surface area contributed by atoms with Gasteiger partial charge in [-0.15, -0.1) is 0 Å². The number of anilines is 1. The van der Waals surface area contributed by atoms with Crippen molar-refractivity contribution in [2.75, 3.05) is 25.6 Å². The zero-order valence-electron chi connectivity index (χ0n) is 23.9. The molecule has 0 aliphatic carbocycles. The number of fused-ring (bicyclic) bond motifs is 1. The number of nitrogens with zero attached hydrogens (tertiary/aromatic N) is 2. The molecule has 0 spiro atoms. The Morgan fingerprint density at radius 3 is 2.51 bits per heavy atom. The van der Waals surface area contributed by atoms with Gasteiger partial charge in [0.1, 0.15) is 16.4 Å². The fourth-order valence-electron chi connectivity index (χ4n) is 4.64. The predicted octanol–water partition coefficient (Wildman–Crippen LogP) is 6.70. The normalized spacial score (nSPS) is 16.3. The van der Waals surface area contributed by atoms with Crippen molar-refractivity contribution in [3.05, 3.63) is 78.4 Å². The van der Waals surface area contributed by atoms with Crippen LogP contribution in [-0.4, -0.2) is 46.7 Å². The van der Waals surface area contributed by atoms with Gasteiger partial charge in [0.25, 0.3) is 0 Å². The molecule has 0 radical (unpaired) electrons. The van der Waals surface area contributed by atoms with Crippen molar-refractivity contribution in [3.8, 4) is 22.8 Å². The van der Waals surface area contributed by atoms with Gasteiger partial charge in [-0.3, -0.25) is 0 Å². The van der Waals surface area contributed by atoms with Gasteiger partial charge in [0.05, 0.1) is 17.8 Å². The van der Waals surface area contributed by atoms with Gasteiger partial charge in [-0.1, -0.05) is 31.2 Å². The summed E-state index contributed by atoms with van der Waals surface area (Å²) in [7, 11) is -0.182. The van der Waals surface area contributed by atoms with Gasteiger partial charge in [-0.2, -0.15) is 8.42 Å². The monoisotopic (exact) mass is 576 g/mol. The molecule has 1 aromatic heterocycles. The molecule has 0 bridgehead atoms. The lowest BCUT2D eigenvalue weighted by Crippen LogP contribution is -2.27. The number of ether oxygens (including phenoxy) is 3. The zero-order chi connectivity index (χ0) is 29.0. The lowest BCUT2D eigenvalue weighted by molar-refractivity contribution is -0.107. The van der Waals surface area contributed by atoms with Crippen LogP contribution in [0.15, 0.2) is 77.7 Å². The van der Waals surface area contributed by atoms with Gasteiger partial charge < -0.3 is 19.1 Å². The molecule has 2 unspecified atom stereocenters. The third-order valence-electron chi connectivity index (χ3n) is 6.94. The van der Waals surface area contributed by atoms with E-state index in [9.17, 15) is 8.42 Å². The van der Waals surface area contributed by atoms with Gasteiger partial charge in [0.15, 0.2) is 6.29 Å². The summed E-state index contributed by atoms with van der Waals surface area (Å²) in [5, 5.41) is 0.871. The van der Waals surface area contributed by atoms with Crippen molar-refractivity contribution in [2.24, 2.45) is 0 Å². The first-order valence-electron chi connectivity index (χ1n) is 13.9. The second kappa shape index (κ2) is 12.5. The molecule has 41 heavy (non-hydrogen) atoms. The third-order valence-corrected chi connectivity index (χ3v) is 8.28. The molecule has 1 fully saturated rings. The second-order valence-electron chi connectivity index (χ2n) is 10.4. The van der Waals surface area contributed by atoms with Crippen molar-refractivity contribution in [1.82, 2.24) is 4.98 Å². The van der Waals surface area contributed by atoms with Gasteiger partial charge in [-0.25, -0.2) is 9.17 Å². The summed E-state index contributed by atoms with van der Waals surface area (Å²) < 4.78 is 49.9. The van der Waals surface area contributed by atoms with E-state index in [0.29, 0.717) is 25.2 Å². The Labute approximate surface area is 242 Å². The third kappa shape index (κ3) is 6.98. The van der Waals surface area contributed by atoms with Gasteiger partial charge in [-0.05, 0) is 73.9 Å². The number of aromatic nitrogens is 1. The number of aryl methyl sites for hydroxylation is 1. The molecule has 2 heterocycles. The largest absolute Gasteiger partial charge is 0.464 e. The Morgan fingerprint density at radius 1 is 1.00 bits per heavy atom. The summed E-state index contributed by atoms with van der Waals surface area (Å²) >= 11 is 0. The molecule has 9 heteroatoms. The van der Waals surface area contributed by atoms with Gasteiger partial charge in [0.2, 0.25) is 6.29 Å². The maximum Gasteiger partial charge on any atom is 0.303 e. The van der Waals surface area contributed by atoms with Crippen LogP contribution in [0.2, 0.25) is 0 Å². The molecule has 4 aromatic rings. The molecular weight excluding hydrogens is 540 g/mol. The van der Waals surface area contributed by atoms with E-state index >= 15 is 0 Å². The van der Waals surface area contributed by atoms with Crippen molar-refractivity contribution >= 4 is 26.7 Å². The molecule has 0 amide bonds. The van der Waals surface area contributed by atoms with E-state index in [1.54, 1.807) is 25.1 Å². The zero-order valence-corrected chi connectivity index (χ0v) is 24.7. The second-order valence-corrected chi connectivity index (χ2v) is 11.9. The van der Waals surface area contributed by atoms with E-state index in [1.165, 1.54) is 6.07 Å². The van der Waals surface area contributed by atoms with E-state index in [0.717, 1.165) is 46.3 Å². The van der Waals surface area contributed by atoms with Crippen LogP contribution < -0.4 is 14.4 Å². The van der Waals surface area contributed by atoms with Crippen molar-refractivity contribution in [2.45, 2.75) is 57.0 Å². The summed E-state index contributed by atoms with van der Waals surface area (Å²) in [6, 6.07) is 22.5. The maximum absolute atomic E-state index is 13.4. The van der Waals surface area contributed by atoms with Crippen LogP contribution in [0.5, 0.6) is 11.5 Å². The minimum atomic E-state index is -4.20. The van der Waals surface area contributed by atoms with Crippen LogP contribution in [-0.2, 0) is 19.0 Å². The SMILES string of the molecule is CCC(Oc1ccc2nc(-c3ccc(N(C)C)cc3)ccc2c1)OS(=O)(=O)c1ccc(C)cc1OC1CCCCO1. The summed E-state index contributed by atoms with van der Waals surface area (Å²) in [5.41, 5.74) is 4.69. The molecule has 2 atom stereocenters. The molecule has 1 aliphatic heterocycles. The van der Waals surface area contributed by atoms with Crippen LogP contribution in [0.3, 0.4) is 0 Å². The molecule has 1 aliphatic rings. The highest BCUT2D eigenvalue weighted by molar-refractivity contribution is 7.86. The van der Waals surface area contributed by atoms with Crippen molar-refractivity contribution in [3.63, 3.8) is 0 Å². The number of hydrogen-bond acceptors (Lipinski definition) is 8. The number of hydrogen-bond donors (Lipinski definition) is 0. The summed E-state index contributed by atoms with van der Waals surface area (Å²) in [6.45, 7) is 4.27. The van der Waals surface area contributed by atoms with E-state index in [1.807, 2.05) is 45.3 Å². The summed E-state index contributed by atoms with van der Waals surface area (Å²) in [5.74, 6) is 0.705. The van der Waals surface area contributed by atoms with Crippen LogP contribution in [0.1, 0.15) is 38.2 Å². The summed E-state index contributed by atoms with van der Waals surface area (Å²) in [4.78, 5) is 6.81. The minimum Gasteiger partial charge on any atom is -0.464 e. The first-order valence-corrected chi connectivity index (χ1v) is 15.3. The van der Waals surface area contributed by atoms with Crippen LogP contribution >= 0.6 is 0 Å². The number of pyridine rings is 1. The lowest BCUT2D eigenvalue weighted by Gasteiger charge is -2.25. The van der Waals surface area contributed by atoms with E-state index in [-0.39, 0.29) is 10.6 Å². The Bertz CT molecular complexity index is 1600. The topological polar surface area (TPSA) is 87.2 Å². The van der Waals surface area contributed by atoms with Gasteiger partial charge >= 0.3 is 10.1 Å². The average Bonchev–Trinajstić information content (AvgIpc) is 2.97. The summed E-state index contributed by atoms with van der Waals surface area (Å²) in [6.07, 6.45) is 1.44. The highest BCUT2D eigenvalue weighted by Gasteiger charge is 2.28. The average molecular weight is 577 g/mol. The van der Waals surface area contributed by atoms with Crippen molar-refractivity contribution < 1.29 is 26.8 Å². The Kier molecular flexibility index (Phi) is 8.77. The smallest absolute Gasteiger partial charge is 0.303 e. The molecule has 5 rings (SSSR count). The Hall–Kier alpha value is -3.66. The Morgan fingerprint density at radius 2 is 1.80 bits per heavy atom. The Balaban J connectivity index is 1.31. The number of rotatable bonds is 10. The lowest BCUT2D eigenvalue weighted by atomic mass is 10.1.